The molecule has 116 valence electrons. The number of rotatable bonds is 5. The van der Waals surface area contributed by atoms with Gasteiger partial charge in [0.25, 0.3) is 0 Å². The summed E-state index contributed by atoms with van der Waals surface area (Å²) in [7, 11) is 0. The van der Waals surface area contributed by atoms with Gasteiger partial charge in [0.1, 0.15) is 0 Å². The van der Waals surface area contributed by atoms with E-state index in [9.17, 15) is 0 Å². The fourth-order valence-electron chi connectivity index (χ4n) is 3.42. The lowest BCUT2D eigenvalue weighted by molar-refractivity contribution is 0.159. The Morgan fingerprint density at radius 2 is 1.41 bits per heavy atom. The van der Waals surface area contributed by atoms with Gasteiger partial charge in [-0.05, 0) is 43.5 Å². The molecule has 1 aliphatic rings. The summed E-state index contributed by atoms with van der Waals surface area (Å²) in [6, 6.07) is 22.0. The molecule has 0 saturated carbocycles. The van der Waals surface area contributed by atoms with Gasteiger partial charge in [0.15, 0.2) is 0 Å². The number of likely N-dealkylation sites (tertiary alicyclic amines) is 1. The molecule has 0 bridgehead atoms. The summed E-state index contributed by atoms with van der Waals surface area (Å²) in [5, 5.41) is 0.263. The topological polar surface area (TPSA) is 3.24 Å². The van der Waals surface area contributed by atoms with Crippen molar-refractivity contribution in [3.8, 4) is 0 Å². The fraction of sp³-hybridized carbons (Fsp3) is 0.400. The lowest BCUT2D eigenvalue weighted by Gasteiger charge is -2.38. The first-order valence-electron chi connectivity index (χ1n) is 8.35. The van der Waals surface area contributed by atoms with Gasteiger partial charge in [0, 0.05) is 11.3 Å². The molecule has 2 atom stereocenters. The van der Waals surface area contributed by atoms with Crippen LogP contribution in [0.15, 0.2) is 60.7 Å². The van der Waals surface area contributed by atoms with E-state index in [4.69, 9.17) is 12.6 Å². The van der Waals surface area contributed by atoms with Crippen LogP contribution in [0.2, 0.25) is 0 Å². The SMILES string of the molecule is SC(c1ccccc1)C(Cc1ccccc1)N1CCCCC1. The van der Waals surface area contributed by atoms with E-state index in [1.165, 1.54) is 43.5 Å². The third-order valence-electron chi connectivity index (χ3n) is 4.65. The highest BCUT2D eigenvalue weighted by atomic mass is 32.1. The minimum absolute atomic E-state index is 0.263. The summed E-state index contributed by atoms with van der Waals surface area (Å²) < 4.78 is 0. The molecule has 3 rings (SSSR count). The average molecular weight is 311 g/mol. The summed E-state index contributed by atoms with van der Waals surface area (Å²) in [6.07, 6.45) is 5.09. The maximum absolute atomic E-state index is 5.01. The number of thiol groups is 1. The second kappa shape index (κ2) is 7.85. The van der Waals surface area contributed by atoms with Gasteiger partial charge in [-0.1, -0.05) is 67.1 Å². The van der Waals surface area contributed by atoms with Crippen LogP contribution in [0.1, 0.15) is 35.6 Å². The third kappa shape index (κ3) is 3.93. The Bertz CT molecular complexity index is 548. The smallest absolute Gasteiger partial charge is 0.0425 e. The number of nitrogens with zero attached hydrogens (tertiary/aromatic N) is 1. The Balaban J connectivity index is 1.81. The van der Waals surface area contributed by atoms with Crippen molar-refractivity contribution in [2.24, 2.45) is 0 Å². The molecule has 1 fully saturated rings. The predicted molar refractivity (Wildman–Crippen MR) is 97.5 cm³/mol. The zero-order chi connectivity index (χ0) is 15.2. The van der Waals surface area contributed by atoms with Gasteiger partial charge in [-0.15, -0.1) is 0 Å². The number of hydrogen-bond acceptors (Lipinski definition) is 2. The zero-order valence-electron chi connectivity index (χ0n) is 13.1. The van der Waals surface area contributed by atoms with Crippen molar-refractivity contribution in [2.45, 2.75) is 37.0 Å². The van der Waals surface area contributed by atoms with E-state index in [0.717, 1.165) is 6.42 Å². The van der Waals surface area contributed by atoms with Crippen molar-refractivity contribution in [3.63, 3.8) is 0 Å². The van der Waals surface area contributed by atoms with Gasteiger partial charge in [-0.2, -0.15) is 12.6 Å². The highest BCUT2D eigenvalue weighted by Gasteiger charge is 2.27. The van der Waals surface area contributed by atoms with E-state index in [1.54, 1.807) is 0 Å². The van der Waals surface area contributed by atoms with E-state index in [0.29, 0.717) is 6.04 Å². The lowest BCUT2D eigenvalue weighted by atomic mass is 9.95. The van der Waals surface area contributed by atoms with Crippen LogP contribution in [0.3, 0.4) is 0 Å². The molecule has 0 amide bonds. The van der Waals surface area contributed by atoms with Crippen molar-refractivity contribution in [3.05, 3.63) is 71.8 Å². The summed E-state index contributed by atoms with van der Waals surface area (Å²) in [5.41, 5.74) is 2.74. The van der Waals surface area contributed by atoms with Crippen LogP contribution in [0.4, 0.5) is 0 Å². The molecule has 1 aliphatic heterocycles. The molecule has 22 heavy (non-hydrogen) atoms. The first-order chi connectivity index (χ1) is 10.8. The number of benzene rings is 2. The highest BCUT2D eigenvalue weighted by Crippen LogP contribution is 2.31. The molecule has 2 aromatic carbocycles. The summed E-state index contributed by atoms with van der Waals surface area (Å²) in [5.74, 6) is 0. The maximum Gasteiger partial charge on any atom is 0.0425 e. The molecule has 2 unspecified atom stereocenters. The van der Waals surface area contributed by atoms with Crippen LogP contribution in [-0.2, 0) is 6.42 Å². The summed E-state index contributed by atoms with van der Waals surface area (Å²) >= 11 is 5.01. The molecule has 0 N–H and O–H groups in total. The Morgan fingerprint density at radius 1 is 0.818 bits per heavy atom. The molecule has 0 aliphatic carbocycles. The lowest BCUT2D eigenvalue weighted by Crippen LogP contribution is -2.43. The fourth-order valence-corrected chi connectivity index (χ4v) is 3.88. The van der Waals surface area contributed by atoms with Crippen molar-refractivity contribution in [1.29, 1.82) is 0 Å². The molecule has 1 heterocycles. The van der Waals surface area contributed by atoms with Gasteiger partial charge in [-0.25, -0.2) is 0 Å². The predicted octanol–water partition coefficient (Wildman–Crippen LogP) is 4.75. The molecular weight excluding hydrogens is 286 g/mol. The minimum atomic E-state index is 0.263. The second-order valence-electron chi connectivity index (χ2n) is 6.21. The summed E-state index contributed by atoms with van der Waals surface area (Å²) in [4.78, 5) is 2.65. The van der Waals surface area contributed by atoms with Crippen LogP contribution in [0.5, 0.6) is 0 Å². The average Bonchev–Trinajstić information content (AvgIpc) is 2.61. The van der Waals surface area contributed by atoms with Crippen LogP contribution < -0.4 is 0 Å². The Labute approximate surface area is 139 Å². The molecule has 2 aromatic rings. The van der Waals surface area contributed by atoms with Crippen molar-refractivity contribution in [2.75, 3.05) is 13.1 Å². The van der Waals surface area contributed by atoms with Gasteiger partial charge in [0.2, 0.25) is 0 Å². The van der Waals surface area contributed by atoms with Gasteiger partial charge < -0.3 is 0 Å². The molecule has 0 aromatic heterocycles. The molecule has 0 radical (unpaired) electrons. The van der Waals surface area contributed by atoms with Gasteiger partial charge >= 0.3 is 0 Å². The second-order valence-corrected chi connectivity index (χ2v) is 6.77. The normalized spacial score (nSPS) is 18.8. The monoisotopic (exact) mass is 311 g/mol. The van der Waals surface area contributed by atoms with Crippen molar-refractivity contribution >= 4 is 12.6 Å². The number of hydrogen-bond donors (Lipinski definition) is 1. The first-order valence-corrected chi connectivity index (χ1v) is 8.87. The van der Waals surface area contributed by atoms with Crippen LogP contribution in [-0.4, -0.2) is 24.0 Å². The van der Waals surface area contributed by atoms with Crippen LogP contribution in [0, 0.1) is 0 Å². The minimum Gasteiger partial charge on any atom is -0.299 e. The van der Waals surface area contributed by atoms with Crippen LogP contribution >= 0.6 is 12.6 Å². The Kier molecular flexibility index (Phi) is 5.58. The quantitative estimate of drug-likeness (QED) is 0.780. The Morgan fingerprint density at radius 3 is 2.05 bits per heavy atom. The van der Waals surface area contributed by atoms with E-state index in [-0.39, 0.29) is 5.25 Å². The highest BCUT2D eigenvalue weighted by molar-refractivity contribution is 7.80. The molecule has 1 saturated heterocycles. The zero-order valence-corrected chi connectivity index (χ0v) is 14.0. The van der Waals surface area contributed by atoms with Crippen molar-refractivity contribution in [1.82, 2.24) is 4.90 Å². The molecule has 2 heteroatoms. The number of piperidine rings is 1. The van der Waals surface area contributed by atoms with E-state index < -0.39 is 0 Å². The third-order valence-corrected chi connectivity index (χ3v) is 5.30. The van der Waals surface area contributed by atoms with E-state index in [1.807, 2.05) is 0 Å². The van der Waals surface area contributed by atoms with Crippen molar-refractivity contribution < 1.29 is 0 Å². The largest absolute Gasteiger partial charge is 0.299 e. The van der Waals surface area contributed by atoms with Gasteiger partial charge in [0.05, 0.1) is 0 Å². The molecule has 0 spiro atoms. The Hall–Kier alpha value is -1.25. The van der Waals surface area contributed by atoms with E-state index >= 15 is 0 Å². The summed E-state index contributed by atoms with van der Waals surface area (Å²) in [6.45, 7) is 2.42. The van der Waals surface area contributed by atoms with Gasteiger partial charge in [-0.3, -0.25) is 4.90 Å². The maximum atomic E-state index is 5.01. The first kappa shape index (κ1) is 15.6. The molecule has 1 nitrogen and oxygen atoms in total. The molecular formula is C20H25NS. The standard InChI is InChI=1S/C20H25NS/c22-20(18-12-6-2-7-13-18)19(21-14-8-3-9-15-21)16-17-10-4-1-5-11-17/h1-2,4-7,10-13,19-20,22H,3,8-9,14-16H2. The van der Waals surface area contributed by atoms with E-state index in [2.05, 4.69) is 65.6 Å². The van der Waals surface area contributed by atoms with Crippen LogP contribution in [0.25, 0.3) is 0 Å².